The highest BCUT2D eigenvalue weighted by Gasteiger charge is 2.40. The number of hydrogen-bond acceptors (Lipinski definition) is 4. The second-order valence-electron chi connectivity index (χ2n) is 4.33. The maximum Gasteiger partial charge on any atom is 0.254 e. The average Bonchev–Trinajstić information content (AvgIpc) is 2.48. The van der Waals surface area contributed by atoms with Crippen LogP contribution in [-0.2, 0) is 9.59 Å². The van der Waals surface area contributed by atoms with E-state index in [4.69, 9.17) is 5.53 Å². The summed E-state index contributed by atoms with van der Waals surface area (Å²) < 4.78 is 0. The van der Waals surface area contributed by atoms with Crippen LogP contribution in [0.15, 0.2) is 35.4 Å². The molecule has 1 saturated heterocycles. The van der Waals surface area contributed by atoms with Gasteiger partial charge in [-0.3, -0.25) is 9.59 Å². The van der Waals surface area contributed by atoms with Crippen LogP contribution in [0.4, 0.5) is 0 Å². The molecule has 8 nitrogen and oxygen atoms in total. The van der Waals surface area contributed by atoms with Gasteiger partial charge in [-0.2, -0.15) is 0 Å². The lowest BCUT2D eigenvalue weighted by Gasteiger charge is -2.36. The molecule has 1 unspecified atom stereocenters. The van der Waals surface area contributed by atoms with Crippen LogP contribution in [0.25, 0.3) is 10.4 Å². The fourth-order valence-corrected chi connectivity index (χ4v) is 1.90. The molecule has 1 aromatic carbocycles. The minimum Gasteiger partial charge on any atom is -0.378 e. The zero-order valence-electron chi connectivity index (χ0n) is 10.4. The number of aliphatic hydroxyl groups is 1. The van der Waals surface area contributed by atoms with Gasteiger partial charge in [-0.15, -0.1) is 0 Å². The molecule has 0 aromatic heterocycles. The molecule has 2 rings (SSSR count). The molecule has 0 spiro atoms. The highest BCUT2D eigenvalue weighted by molar-refractivity contribution is 5.94. The summed E-state index contributed by atoms with van der Waals surface area (Å²) in [6, 6.07) is 7.17. The molecule has 1 heterocycles. The lowest BCUT2D eigenvalue weighted by molar-refractivity contribution is -0.139. The molecule has 2 amide bonds. The molecular weight excluding hydrogens is 262 g/mol. The Kier molecular flexibility index (Phi) is 4.19. The first-order valence-electron chi connectivity index (χ1n) is 5.98. The van der Waals surface area contributed by atoms with E-state index in [1.54, 1.807) is 30.3 Å². The van der Waals surface area contributed by atoms with Crippen LogP contribution in [0, 0.1) is 0 Å². The molecule has 3 N–H and O–H groups in total. The van der Waals surface area contributed by atoms with Crippen molar-refractivity contribution < 1.29 is 14.7 Å². The molecule has 1 fully saturated rings. The Labute approximate surface area is 114 Å². The molecule has 1 aliphatic heterocycles. The van der Waals surface area contributed by atoms with Gasteiger partial charge in [0.15, 0.2) is 6.10 Å². The zero-order chi connectivity index (χ0) is 14.5. The highest BCUT2D eigenvalue weighted by atomic mass is 16.3. The Morgan fingerprint density at radius 3 is 2.80 bits per heavy atom. The van der Waals surface area contributed by atoms with Gasteiger partial charge in [-0.1, -0.05) is 35.4 Å². The molecule has 20 heavy (non-hydrogen) atoms. The third-order valence-electron chi connectivity index (χ3n) is 3.02. The van der Waals surface area contributed by atoms with Crippen LogP contribution in [0.3, 0.4) is 0 Å². The van der Waals surface area contributed by atoms with Crippen molar-refractivity contribution in [1.82, 2.24) is 10.6 Å². The Morgan fingerprint density at radius 1 is 1.50 bits per heavy atom. The summed E-state index contributed by atoms with van der Waals surface area (Å²) in [6.45, 7) is 0.0502. The monoisotopic (exact) mass is 275 g/mol. The van der Waals surface area contributed by atoms with Crippen molar-refractivity contribution >= 4 is 11.8 Å². The van der Waals surface area contributed by atoms with Gasteiger partial charge in [-0.05, 0) is 11.1 Å². The zero-order valence-corrected chi connectivity index (χ0v) is 10.4. The number of amides is 2. The molecule has 8 heteroatoms. The fraction of sp³-hybridized carbons (Fsp3) is 0.333. The van der Waals surface area contributed by atoms with Crippen LogP contribution in [-0.4, -0.2) is 35.5 Å². The summed E-state index contributed by atoms with van der Waals surface area (Å²) in [5.41, 5.74) is 8.67. The number of benzene rings is 1. The van der Waals surface area contributed by atoms with Crippen LogP contribution in [0.2, 0.25) is 0 Å². The Balaban J connectivity index is 1.97. The van der Waals surface area contributed by atoms with E-state index in [-0.39, 0.29) is 12.5 Å². The predicted octanol–water partition coefficient (Wildman–Crippen LogP) is 0.0135. The van der Waals surface area contributed by atoms with E-state index in [2.05, 4.69) is 20.7 Å². The third kappa shape index (κ3) is 2.87. The van der Waals surface area contributed by atoms with Crippen LogP contribution < -0.4 is 10.6 Å². The lowest BCUT2D eigenvalue weighted by Crippen LogP contribution is -2.70. The Bertz CT molecular complexity index is 555. The number of rotatable bonds is 5. The quantitative estimate of drug-likeness (QED) is 0.303. The van der Waals surface area contributed by atoms with E-state index < -0.39 is 24.1 Å². The first-order valence-corrected chi connectivity index (χ1v) is 5.98. The first kappa shape index (κ1) is 13.9. The number of hydrogen-bond donors (Lipinski definition) is 3. The van der Waals surface area contributed by atoms with Crippen LogP contribution >= 0.6 is 0 Å². The summed E-state index contributed by atoms with van der Waals surface area (Å²) in [7, 11) is 0. The van der Waals surface area contributed by atoms with Gasteiger partial charge >= 0.3 is 0 Å². The number of nitrogens with zero attached hydrogens (tertiary/aromatic N) is 3. The number of carbonyl (C=O) groups excluding carboxylic acids is 2. The van der Waals surface area contributed by atoms with Crippen LogP contribution in [0.5, 0.6) is 0 Å². The van der Waals surface area contributed by atoms with E-state index in [1.807, 2.05) is 0 Å². The van der Waals surface area contributed by atoms with Gasteiger partial charge in [-0.25, -0.2) is 0 Å². The molecular formula is C12H13N5O3. The van der Waals surface area contributed by atoms with E-state index in [0.29, 0.717) is 5.56 Å². The molecule has 0 saturated carbocycles. The van der Waals surface area contributed by atoms with Gasteiger partial charge in [0.25, 0.3) is 5.91 Å². The van der Waals surface area contributed by atoms with Crippen molar-refractivity contribution in [2.45, 2.75) is 18.2 Å². The van der Waals surface area contributed by atoms with Crippen molar-refractivity contribution in [2.24, 2.45) is 5.11 Å². The Morgan fingerprint density at radius 2 is 2.20 bits per heavy atom. The van der Waals surface area contributed by atoms with Crippen LogP contribution in [0.1, 0.15) is 11.7 Å². The minimum atomic E-state index is -1.34. The Hall–Kier alpha value is -2.57. The van der Waals surface area contributed by atoms with Crippen molar-refractivity contribution in [2.75, 3.05) is 6.54 Å². The second kappa shape index (κ2) is 6.05. The largest absolute Gasteiger partial charge is 0.378 e. The van der Waals surface area contributed by atoms with Crippen molar-refractivity contribution in [3.05, 3.63) is 46.3 Å². The molecule has 0 bridgehead atoms. The van der Waals surface area contributed by atoms with Gasteiger partial charge in [0, 0.05) is 11.5 Å². The molecule has 104 valence electrons. The van der Waals surface area contributed by atoms with Crippen molar-refractivity contribution in [3.63, 3.8) is 0 Å². The summed E-state index contributed by atoms with van der Waals surface area (Å²) in [5, 5.41) is 18.2. The minimum absolute atomic E-state index is 0.0502. The molecule has 1 aliphatic rings. The number of azide groups is 1. The number of β-lactam (4-membered cyclic amide) rings is 1. The summed E-state index contributed by atoms with van der Waals surface area (Å²) in [6.07, 6.45) is -1.34. The first-order chi connectivity index (χ1) is 9.63. The highest BCUT2D eigenvalue weighted by Crippen LogP contribution is 2.14. The van der Waals surface area contributed by atoms with E-state index in [1.165, 1.54) is 0 Å². The predicted molar refractivity (Wildman–Crippen MR) is 69.3 cm³/mol. The maximum atomic E-state index is 11.9. The smallest absolute Gasteiger partial charge is 0.254 e. The molecule has 3 atom stereocenters. The summed E-state index contributed by atoms with van der Waals surface area (Å²) in [5.74, 6) is -1.03. The third-order valence-corrected chi connectivity index (χ3v) is 3.02. The maximum absolute atomic E-state index is 11.9. The number of nitrogens with one attached hydrogen (secondary N) is 2. The van der Waals surface area contributed by atoms with Gasteiger partial charge in [0.2, 0.25) is 5.91 Å². The van der Waals surface area contributed by atoms with Gasteiger partial charge in [0.1, 0.15) is 6.04 Å². The molecule has 0 radical (unpaired) electrons. The topological polar surface area (TPSA) is 127 Å². The van der Waals surface area contributed by atoms with Crippen molar-refractivity contribution in [1.29, 1.82) is 0 Å². The average molecular weight is 275 g/mol. The van der Waals surface area contributed by atoms with E-state index in [9.17, 15) is 14.7 Å². The number of carbonyl (C=O) groups is 2. The fourth-order valence-electron chi connectivity index (χ4n) is 1.90. The van der Waals surface area contributed by atoms with Gasteiger partial charge < -0.3 is 15.7 Å². The number of aliphatic hydroxyl groups excluding tert-OH is 1. The standard InChI is InChI=1S/C12H13N5O3/c13-17-14-6-8-9(11(19)15-8)16-12(20)10(18)7-4-2-1-3-5-7/h1-5,8-10,18H,6H2,(H,15,19)(H,16,20)/t8-,9+,10?/m0/s1. The summed E-state index contributed by atoms with van der Waals surface area (Å²) in [4.78, 5) is 25.8. The lowest BCUT2D eigenvalue weighted by atomic mass is 9.98. The molecule has 1 aromatic rings. The summed E-state index contributed by atoms with van der Waals surface area (Å²) >= 11 is 0. The van der Waals surface area contributed by atoms with E-state index >= 15 is 0 Å². The normalized spacial score (nSPS) is 21.9. The van der Waals surface area contributed by atoms with E-state index in [0.717, 1.165) is 0 Å². The van der Waals surface area contributed by atoms with Gasteiger partial charge in [0.05, 0.1) is 6.04 Å². The second-order valence-corrected chi connectivity index (χ2v) is 4.33. The SMILES string of the molecule is [N-]=[N+]=NC[C@@H]1NC(=O)[C@@H]1NC(=O)C(O)c1ccccc1. The van der Waals surface area contributed by atoms with Crippen molar-refractivity contribution in [3.8, 4) is 0 Å². The molecule has 0 aliphatic carbocycles.